The fourth-order valence-corrected chi connectivity index (χ4v) is 3.42. The van der Waals surface area contributed by atoms with Gasteiger partial charge in [0, 0.05) is 13.6 Å². The minimum absolute atomic E-state index is 0.0734. The molecule has 10 heteroatoms. The highest BCUT2D eigenvalue weighted by Gasteiger charge is 2.17. The molecule has 3 N–H and O–H groups in total. The zero-order chi connectivity index (χ0) is 18.6. The van der Waals surface area contributed by atoms with E-state index >= 15 is 0 Å². The van der Waals surface area contributed by atoms with Crippen molar-refractivity contribution in [3.8, 4) is 0 Å². The van der Waals surface area contributed by atoms with Crippen LogP contribution in [0.2, 0.25) is 0 Å². The maximum absolute atomic E-state index is 12.2. The Morgan fingerprint density at radius 3 is 2.48 bits per heavy atom. The SMILES string of the molecule is Cc1nnc(S[C@H](C)C(=O)NCCc2ccc(S(N)(=O)=O)cc2)n1C. The van der Waals surface area contributed by atoms with Gasteiger partial charge in [-0.25, -0.2) is 13.6 Å². The molecule has 1 atom stereocenters. The van der Waals surface area contributed by atoms with Gasteiger partial charge in [-0.3, -0.25) is 4.79 Å². The molecule has 1 aromatic heterocycles. The van der Waals surface area contributed by atoms with Crippen molar-refractivity contribution in [3.05, 3.63) is 35.7 Å². The molecule has 0 unspecified atom stereocenters. The van der Waals surface area contributed by atoms with E-state index in [1.807, 2.05) is 25.5 Å². The number of rotatable bonds is 7. The Hall–Kier alpha value is -1.91. The number of aromatic nitrogens is 3. The fraction of sp³-hybridized carbons (Fsp3) is 0.400. The van der Waals surface area contributed by atoms with Crippen molar-refractivity contribution in [1.29, 1.82) is 0 Å². The second-order valence-electron chi connectivity index (χ2n) is 5.58. The van der Waals surface area contributed by atoms with Gasteiger partial charge in [0.25, 0.3) is 0 Å². The third-order valence-electron chi connectivity index (χ3n) is 3.67. The first-order valence-electron chi connectivity index (χ1n) is 7.60. The largest absolute Gasteiger partial charge is 0.355 e. The summed E-state index contributed by atoms with van der Waals surface area (Å²) in [5.74, 6) is 0.699. The van der Waals surface area contributed by atoms with E-state index in [0.29, 0.717) is 18.1 Å². The van der Waals surface area contributed by atoms with E-state index in [9.17, 15) is 13.2 Å². The van der Waals surface area contributed by atoms with Crippen LogP contribution in [0.3, 0.4) is 0 Å². The predicted molar refractivity (Wildman–Crippen MR) is 95.6 cm³/mol. The molecule has 1 heterocycles. The number of amides is 1. The predicted octanol–water partition coefficient (Wildman–Crippen LogP) is 0.610. The van der Waals surface area contributed by atoms with Gasteiger partial charge in [0.1, 0.15) is 5.82 Å². The van der Waals surface area contributed by atoms with Gasteiger partial charge in [0.05, 0.1) is 10.1 Å². The monoisotopic (exact) mass is 383 g/mol. The average molecular weight is 383 g/mol. The third-order valence-corrected chi connectivity index (χ3v) is 5.73. The van der Waals surface area contributed by atoms with Crippen LogP contribution in [-0.2, 0) is 28.3 Å². The molecule has 2 aromatic rings. The van der Waals surface area contributed by atoms with Gasteiger partial charge in [-0.2, -0.15) is 0 Å². The summed E-state index contributed by atoms with van der Waals surface area (Å²) in [6.45, 7) is 4.12. The molecule has 2 rings (SSSR count). The molecule has 0 aliphatic carbocycles. The normalized spacial score (nSPS) is 12.8. The number of carbonyl (C=O) groups is 1. The van der Waals surface area contributed by atoms with Gasteiger partial charge in [-0.15, -0.1) is 10.2 Å². The Bertz CT molecular complexity index is 847. The lowest BCUT2D eigenvalue weighted by molar-refractivity contribution is -0.120. The molecule has 25 heavy (non-hydrogen) atoms. The van der Waals surface area contributed by atoms with E-state index in [0.717, 1.165) is 11.4 Å². The molecular formula is C15H21N5O3S2. The first-order valence-corrected chi connectivity index (χ1v) is 10.0. The zero-order valence-electron chi connectivity index (χ0n) is 14.3. The average Bonchev–Trinajstić information content (AvgIpc) is 2.86. The first-order chi connectivity index (χ1) is 11.7. The summed E-state index contributed by atoms with van der Waals surface area (Å²) >= 11 is 1.35. The topological polar surface area (TPSA) is 120 Å². The number of sulfonamides is 1. The Morgan fingerprint density at radius 2 is 1.96 bits per heavy atom. The smallest absolute Gasteiger partial charge is 0.238 e. The summed E-state index contributed by atoms with van der Waals surface area (Å²) in [5.41, 5.74) is 0.914. The molecule has 1 aromatic carbocycles. The lowest BCUT2D eigenvalue weighted by atomic mass is 10.1. The van der Waals surface area contributed by atoms with Crippen molar-refractivity contribution in [2.45, 2.75) is 35.6 Å². The second kappa shape index (κ2) is 7.98. The Labute approximate surface area is 151 Å². The molecule has 1 amide bonds. The van der Waals surface area contributed by atoms with Crippen LogP contribution in [0.4, 0.5) is 0 Å². The number of nitrogens with two attached hydrogens (primary N) is 1. The van der Waals surface area contributed by atoms with Crippen LogP contribution in [0, 0.1) is 6.92 Å². The molecular weight excluding hydrogens is 362 g/mol. The van der Waals surface area contributed by atoms with Gasteiger partial charge in [0.15, 0.2) is 5.16 Å². The molecule has 8 nitrogen and oxygen atoms in total. The van der Waals surface area contributed by atoms with Crippen molar-refractivity contribution < 1.29 is 13.2 Å². The Morgan fingerprint density at radius 1 is 1.32 bits per heavy atom. The lowest BCUT2D eigenvalue weighted by Crippen LogP contribution is -2.32. The number of benzene rings is 1. The standard InChI is InChI=1S/C15H21N5O3S2/c1-10(24-15-19-18-11(2)20(15)3)14(21)17-9-8-12-4-6-13(7-5-12)25(16,22)23/h4-7,10H,8-9H2,1-3H3,(H,17,21)(H2,16,22,23)/t10-/m1/s1. The molecule has 0 bridgehead atoms. The van der Waals surface area contributed by atoms with Crippen molar-refractivity contribution in [2.24, 2.45) is 12.2 Å². The minimum atomic E-state index is -3.68. The highest BCUT2D eigenvalue weighted by Crippen LogP contribution is 2.21. The molecule has 0 spiro atoms. The summed E-state index contributed by atoms with van der Waals surface area (Å²) in [5, 5.41) is 16.3. The molecule has 0 fully saturated rings. The van der Waals surface area contributed by atoms with Gasteiger partial charge < -0.3 is 9.88 Å². The van der Waals surface area contributed by atoms with Gasteiger partial charge in [-0.1, -0.05) is 23.9 Å². The maximum Gasteiger partial charge on any atom is 0.238 e. The van der Waals surface area contributed by atoms with Crippen LogP contribution in [0.15, 0.2) is 34.3 Å². The van der Waals surface area contributed by atoms with Crippen molar-refractivity contribution in [3.63, 3.8) is 0 Å². The third kappa shape index (κ3) is 5.28. The number of nitrogens with zero attached hydrogens (tertiary/aromatic N) is 3. The number of aryl methyl sites for hydroxylation is 1. The quantitative estimate of drug-likeness (QED) is 0.676. The number of thioether (sulfide) groups is 1. The van der Waals surface area contributed by atoms with Gasteiger partial charge in [-0.05, 0) is 38.0 Å². The summed E-state index contributed by atoms with van der Waals surface area (Å²) in [6, 6.07) is 6.29. The molecule has 136 valence electrons. The summed E-state index contributed by atoms with van der Waals surface area (Å²) in [6.07, 6.45) is 0.594. The van der Waals surface area contributed by atoms with Crippen LogP contribution >= 0.6 is 11.8 Å². The maximum atomic E-state index is 12.2. The van der Waals surface area contributed by atoms with E-state index in [1.54, 1.807) is 12.1 Å². The summed E-state index contributed by atoms with van der Waals surface area (Å²) < 4.78 is 24.2. The zero-order valence-corrected chi connectivity index (χ0v) is 15.9. The van der Waals surface area contributed by atoms with Crippen molar-refractivity contribution >= 4 is 27.7 Å². The molecule has 0 aliphatic heterocycles. The van der Waals surface area contributed by atoms with Crippen LogP contribution in [-0.4, -0.2) is 40.9 Å². The van der Waals surface area contributed by atoms with Gasteiger partial charge >= 0.3 is 0 Å². The Balaban J connectivity index is 1.82. The summed E-state index contributed by atoms with van der Waals surface area (Å²) in [7, 11) is -1.83. The van der Waals surface area contributed by atoms with E-state index < -0.39 is 10.0 Å². The van der Waals surface area contributed by atoms with Crippen LogP contribution in [0.25, 0.3) is 0 Å². The number of nitrogens with one attached hydrogen (secondary N) is 1. The second-order valence-corrected chi connectivity index (χ2v) is 8.45. The highest BCUT2D eigenvalue weighted by molar-refractivity contribution is 8.00. The van der Waals surface area contributed by atoms with E-state index in [-0.39, 0.29) is 16.1 Å². The van der Waals surface area contributed by atoms with Crippen LogP contribution in [0.1, 0.15) is 18.3 Å². The number of carbonyl (C=O) groups excluding carboxylic acids is 1. The molecule has 0 saturated heterocycles. The van der Waals surface area contributed by atoms with E-state index in [4.69, 9.17) is 5.14 Å². The molecule has 0 aliphatic rings. The van der Waals surface area contributed by atoms with Gasteiger partial charge in [0.2, 0.25) is 15.9 Å². The number of primary sulfonamides is 1. The molecule has 0 radical (unpaired) electrons. The summed E-state index contributed by atoms with van der Waals surface area (Å²) in [4.78, 5) is 12.2. The highest BCUT2D eigenvalue weighted by atomic mass is 32.2. The number of hydrogen-bond acceptors (Lipinski definition) is 6. The minimum Gasteiger partial charge on any atom is -0.355 e. The van der Waals surface area contributed by atoms with E-state index in [1.165, 1.54) is 23.9 Å². The number of hydrogen-bond donors (Lipinski definition) is 2. The fourth-order valence-electron chi connectivity index (χ4n) is 2.02. The van der Waals surface area contributed by atoms with Crippen LogP contribution in [0.5, 0.6) is 0 Å². The Kier molecular flexibility index (Phi) is 6.20. The van der Waals surface area contributed by atoms with Crippen LogP contribution < -0.4 is 10.5 Å². The first kappa shape index (κ1) is 19.4. The van der Waals surface area contributed by atoms with Crippen molar-refractivity contribution in [2.75, 3.05) is 6.54 Å². The lowest BCUT2D eigenvalue weighted by Gasteiger charge is -2.11. The molecule has 0 saturated carbocycles. The van der Waals surface area contributed by atoms with E-state index in [2.05, 4.69) is 15.5 Å². The van der Waals surface area contributed by atoms with Crippen molar-refractivity contribution in [1.82, 2.24) is 20.1 Å².